The predicted molar refractivity (Wildman–Crippen MR) is 86.6 cm³/mol. The molecule has 0 aliphatic carbocycles. The fraction of sp³-hybridized carbons (Fsp3) is 0.263. The van der Waals surface area contributed by atoms with Gasteiger partial charge in [-0.3, -0.25) is 0 Å². The summed E-state index contributed by atoms with van der Waals surface area (Å²) in [6, 6.07) is 14.8. The zero-order valence-corrected chi connectivity index (χ0v) is 12.9. The van der Waals surface area contributed by atoms with Gasteiger partial charge < -0.3 is 4.74 Å². The van der Waals surface area contributed by atoms with Crippen LogP contribution in [0.1, 0.15) is 18.9 Å². The maximum atomic E-state index is 12.1. The molecule has 0 unspecified atom stereocenters. The van der Waals surface area contributed by atoms with Crippen molar-refractivity contribution in [2.24, 2.45) is 0 Å². The smallest absolute Gasteiger partial charge is 0.422 e. The number of halogens is 3. The zero-order chi connectivity index (χ0) is 16.7. The number of aryl methyl sites for hydroxylation is 1. The number of benzene rings is 2. The van der Waals surface area contributed by atoms with E-state index in [4.69, 9.17) is 4.74 Å². The first-order chi connectivity index (χ1) is 11.0. The lowest BCUT2D eigenvalue weighted by Crippen LogP contribution is -2.19. The zero-order valence-electron chi connectivity index (χ0n) is 12.9. The number of hydrogen-bond donors (Lipinski definition) is 0. The van der Waals surface area contributed by atoms with E-state index in [1.54, 1.807) is 24.3 Å². The van der Waals surface area contributed by atoms with Crippen molar-refractivity contribution < 1.29 is 17.9 Å². The molecule has 0 radical (unpaired) electrons. The van der Waals surface area contributed by atoms with E-state index in [2.05, 4.69) is 18.2 Å². The van der Waals surface area contributed by atoms with Crippen LogP contribution in [0.15, 0.2) is 60.7 Å². The Morgan fingerprint density at radius 3 is 2.00 bits per heavy atom. The summed E-state index contributed by atoms with van der Waals surface area (Å²) in [5.41, 5.74) is 3.24. The van der Waals surface area contributed by atoms with Crippen LogP contribution in [0.25, 0.3) is 11.1 Å². The fourth-order valence-corrected chi connectivity index (χ4v) is 2.19. The Bertz CT molecular complexity index is 625. The van der Waals surface area contributed by atoms with Gasteiger partial charge in [-0.05, 0) is 48.6 Å². The Morgan fingerprint density at radius 2 is 1.48 bits per heavy atom. The average molecular weight is 320 g/mol. The van der Waals surface area contributed by atoms with E-state index in [0.717, 1.165) is 24.0 Å². The predicted octanol–water partition coefficient (Wildman–Crippen LogP) is 5.80. The molecule has 2 aromatic carbocycles. The molecule has 2 rings (SSSR count). The van der Waals surface area contributed by atoms with Crippen LogP contribution >= 0.6 is 0 Å². The van der Waals surface area contributed by atoms with Gasteiger partial charge in [0, 0.05) is 0 Å². The minimum absolute atomic E-state index is 0.217. The van der Waals surface area contributed by atoms with Gasteiger partial charge >= 0.3 is 6.18 Å². The third kappa shape index (κ3) is 5.81. The second-order valence-corrected chi connectivity index (χ2v) is 5.23. The van der Waals surface area contributed by atoms with Crippen LogP contribution < -0.4 is 4.74 Å². The number of alkyl halides is 3. The highest BCUT2D eigenvalue weighted by molar-refractivity contribution is 5.64. The van der Waals surface area contributed by atoms with Crippen molar-refractivity contribution in [3.8, 4) is 16.9 Å². The molecule has 0 aromatic heterocycles. The fourth-order valence-electron chi connectivity index (χ4n) is 2.19. The average Bonchev–Trinajstić information content (AvgIpc) is 2.54. The number of ether oxygens (including phenoxy) is 1. The quantitative estimate of drug-likeness (QED) is 0.611. The molecular weight excluding hydrogens is 301 g/mol. The van der Waals surface area contributed by atoms with E-state index in [1.165, 1.54) is 5.56 Å². The van der Waals surface area contributed by atoms with E-state index in [9.17, 15) is 13.2 Å². The highest BCUT2D eigenvalue weighted by atomic mass is 19.4. The Labute approximate surface area is 134 Å². The Hall–Kier alpha value is -2.23. The van der Waals surface area contributed by atoms with Crippen LogP contribution in [0, 0.1) is 0 Å². The first-order valence-corrected chi connectivity index (χ1v) is 7.48. The van der Waals surface area contributed by atoms with Gasteiger partial charge in [0.05, 0.1) is 0 Å². The molecule has 0 saturated heterocycles. The summed E-state index contributed by atoms with van der Waals surface area (Å²) in [5, 5.41) is 0. The molecule has 0 N–H and O–H groups in total. The maximum Gasteiger partial charge on any atom is 0.422 e. The second-order valence-electron chi connectivity index (χ2n) is 5.23. The maximum absolute atomic E-state index is 12.1. The van der Waals surface area contributed by atoms with Crippen molar-refractivity contribution in [2.75, 3.05) is 6.61 Å². The topological polar surface area (TPSA) is 9.23 Å². The summed E-state index contributed by atoms with van der Waals surface area (Å²) in [4.78, 5) is 0. The van der Waals surface area contributed by atoms with Crippen LogP contribution in [0.5, 0.6) is 5.75 Å². The van der Waals surface area contributed by atoms with Crippen LogP contribution in [0.4, 0.5) is 13.2 Å². The van der Waals surface area contributed by atoms with Gasteiger partial charge in [0.15, 0.2) is 6.61 Å². The molecule has 0 fully saturated rings. The molecule has 0 bridgehead atoms. The van der Waals surface area contributed by atoms with Crippen LogP contribution in [0.3, 0.4) is 0 Å². The molecule has 23 heavy (non-hydrogen) atoms. The van der Waals surface area contributed by atoms with Gasteiger partial charge in [-0.15, -0.1) is 0 Å². The van der Waals surface area contributed by atoms with E-state index in [-0.39, 0.29) is 5.75 Å². The van der Waals surface area contributed by atoms with Crippen LogP contribution in [-0.4, -0.2) is 12.8 Å². The molecule has 0 aliphatic rings. The van der Waals surface area contributed by atoms with Gasteiger partial charge in [0.1, 0.15) is 5.75 Å². The molecule has 0 heterocycles. The van der Waals surface area contributed by atoms with Crippen molar-refractivity contribution in [1.29, 1.82) is 0 Å². The molecule has 0 amide bonds. The van der Waals surface area contributed by atoms with Crippen molar-refractivity contribution in [3.05, 3.63) is 66.2 Å². The largest absolute Gasteiger partial charge is 0.484 e. The minimum Gasteiger partial charge on any atom is -0.484 e. The van der Waals surface area contributed by atoms with Gasteiger partial charge in [-0.1, -0.05) is 48.6 Å². The summed E-state index contributed by atoms with van der Waals surface area (Å²) < 4.78 is 41.0. The lowest BCUT2D eigenvalue weighted by atomic mass is 10.0. The second kappa shape index (κ2) is 7.86. The molecule has 0 aliphatic heterocycles. The summed E-state index contributed by atoms with van der Waals surface area (Å²) in [5.74, 6) is 0.217. The first-order valence-electron chi connectivity index (χ1n) is 7.48. The molecule has 4 heteroatoms. The first kappa shape index (κ1) is 17.1. The Kier molecular flexibility index (Phi) is 5.85. The van der Waals surface area contributed by atoms with Crippen LogP contribution in [0.2, 0.25) is 0 Å². The van der Waals surface area contributed by atoms with Crippen molar-refractivity contribution in [2.45, 2.75) is 25.9 Å². The van der Waals surface area contributed by atoms with Crippen molar-refractivity contribution in [1.82, 2.24) is 0 Å². The molecule has 0 saturated carbocycles. The third-order valence-electron chi connectivity index (χ3n) is 3.38. The summed E-state index contributed by atoms with van der Waals surface area (Å²) in [6.45, 7) is 0.735. The minimum atomic E-state index is -4.32. The monoisotopic (exact) mass is 320 g/mol. The molecule has 0 spiro atoms. The van der Waals surface area contributed by atoms with Gasteiger partial charge in [0.2, 0.25) is 0 Å². The van der Waals surface area contributed by atoms with Crippen LogP contribution in [-0.2, 0) is 6.42 Å². The van der Waals surface area contributed by atoms with E-state index in [0.29, 0.717) is 0 Å². The molecule has 2 aromatic rings. The van der Waals surface area contributed by atoms with E-state index >= 15 is 0 Å². The number of allylic oxidation sites excluding steroid dienone is 2. The Balaban J connectivity index is 1.99. The molecule has 122 valence electrons. The lowest BCUT2D eigenvalue weighted by molar-refractivity contribution is -0.153. The number of hydrogen-bond acceptors (Lipinski definition) is 1. The molecule has 0 atom stereocenters. The lowest BCUT2D eigenvalue weighted by Gasteiger charge is -2.10. The summed E-state index contributed by atoms with van der Waals surface area (Å²) >= 11 is 0. The molecule has 1 nitrogen and oxygen atoms in total. The van der Waals surface area contributed by atoms with Gasteiger partial charge in [0.25, 0.3) is 0 Å². The number of rotatable bonds is 6. The normalized spacial score (nSPS) is 11.8. The van der Waals surface area contributed by atoms with E-state index in [1.807, 2.05) is 25.1 Å². The molecular formula is C19H19F3O. The van der Waals surface area contributed by atoms with Gasteiger partial charge in [-0.25, -0.2) is 0 Å². The highest BCUT2D eigenvalue weighted by Crippen LogP contribution is 2.24. The van der Waals surface area contributed by atoms with Crippen molar-refractivity contribution >= 4 is 0 Å². The van der Waals surface area contributed by atoms with E-state index < -0.39 is 12.8 Å². The van der Waals surface area contributed by atoms with Crippen molar-refractivity contribution in [3.63, 3.8) is 0 Å². The van der Waals surface area contributed by atoms with Gasteiger partial charge in [-0.2, -0.15) is 13.2 Å². The standard InChI is InChI=1S/C19H19F3O/c1-2-3-4-5-15-6-8-16(9-7-15)17-10-12-18(13-11-17)23-14-19(20,21)22/h2-3,6-13H,4-5,14H2,1H3. The summed E-state index contributed by atoms with van der Waals surface area (Å²) in [6.07, 6.45) is 1.86. The SMILES string of the molecule is CC=CCCc1ccc(-c2ccc(OCC(F)(F)F)cc2)cc1. The summed E-state index contributed by atoms with van der Waals surface area (Å²) in [7, 11) is 0. The highest BCUT2D eigenvalue weighted by Gasteiger charge is 2.28. The third-order valence-corrected chi connectivity index (χ3v) is 3.38. The Morgan fingerprint density at radius 1 is 0.913 bits per heavy atom.